The lowest BCUT2D eigenvalue weighted by Gasteiger charge is -2.35. The molecule has 2 aromatic rings. The average molecular weight is 693 g/mol. The van der Waals surface area contributed by atoms with Gasteiger partial charge in [-0.25, -0.2) is 22.8 Å². The van der Waals surface area contributed by atoms with Crippen LogP contribution in [0.5, 0.6) is 5.75 Å². The van der Waals surface area contributed by atoms with Crippen molar-refractivity contribution in [3.05, 3.63) is 41.7 Å². The number of amides is 2. The van der Waals surface area contributed by atoms with Gasteiger partial charge in [0.15, 0.2) is 16.9 Å². The fourth-order valence-electron chi connectivity index (χ4n) is 5.89. The monoisotopic (exact) mass is 692 g/mol. The lowest BCUT2D eigenvalue weighted by atomic mass is 9.88. The number of likely N-dealkylation sites (N-methyl/N-ethyl adjacent to an activating group) is 1. The van der Waals surface area contributed by atoms with Gasteiger partial charge in [-0.15, -0.1) is 0 Å². The first-order valence-corrected chi connectivity index (χ1v) is 17.1. The van der Waals surface area contributed by atoms with Crippen LogP contribution in [0.2, 0.25) is 0 Å². The van der Waals surface area contributed by atoms with Gasteiger partial charge in [-0.2, -0.15) is 8.78 Å². The number of anilines is 2. The van der Waals surface area contributed by atoms with Crippen molar-refractivity contribution in [2.75, 3.05) is 77.6 Å². The molecule has 0 bridgehead atoms. The molecular formula is C31H46F2N10O4S. The third-order valence-corrected chi connectivity index (χ3v) is 10.3. The number of piperidine rings is 2. The molecule has 2 fully saturated rings. The van der Waals surface area contributed by atoms with Crippen LogP contribution in [0.3, 0.4) is 0 Å². The lowest BCUT2D eigenvalue weighted by molar-refractivity contribution is -0.121. The summed E-state index contributed by atoms with van der Waals surface area (Å²) in [6.07, 6.45) is 6.56. The Morgan fingerprint density at radius 1 is 1.12 bits per heavy atom. The fourth-order valence-corrected chi connectivity index (χ4v) is 7.04. The van der Waals surface area contributed by atoms with E-state index < -0.39 is 17.8 Å². The number of hydrogen-bond donors (Lipinski definition) is 4. The van der Waals surface area contributed by atoms with E-state index in [0.717, 1.165) is 51.0 Å². The standard InChI is InChI=1S/C31H46F2N10O4S/c1-35-27-18-23(4-5-26(27)29(34)42(21-44)13-10-28(45)36-2)22-6-11-41(12-7-22)17-16-40(3)48(46)43-14-8-24(9-15-43)39-31-37-19-25(20-38-31)47-30(32)33/h4-5,18-22,24,30,34-35H,6-17H2,1-3H3,(H,36,45)(H,37,38,39). The lowest BCUT2D eigenvalue weighted by Crippen LogP contribution is -2.46. The number of rotatable bonds is 16. The molecule has 17 heteroatoms. The Morgan fingerprint density at radius 2 is 1.81 bits per heavy atom. The predicted octanol–water partition coefficient (Wildman–Crippen LogP) is 2.31. The highest BCUT2D eigenvalue weighted by Gasteiger charge is 2.27. The third-order valence-electron chi connectivity index (χ3n) is 8.76. The van der Waals surface area contributed by atoms with E-state index in [9.17, 15) is 22.6 Å². The minimum absolute atomic E-state index is 0.0460. The summed E-state index contributed by atoms with van der Waals surface area (Å²) in [5.41, 5.74) is 2.54. The Hall–Kier alpha value is -3.80. The van der Waals surface area contributed by atoms with E-state index >= 15 is 0 Å². The van der Waals surface area contributed by atoms with E-state index in [1.807, 2.05) is 27.8 Å². The van der Waals surface area contributed by atoms with Crippen molar-refractivity contribution in [2.45, 2.75) is 50.7 Å². The first-order valence-electron chi connectivity index (χ1n) is 16.1. The summed E-state index contributed by atoms with van der Waals surface area (Å²) in [6, 6.07) is 6.03. The minimum Gasteiger partial charge on any atom is -0.432 e. The molecular weight excluding hydrogens is 646 g/mol. The molecule has 2 saturated heterocycles. The molecule has 48 heavy (non-hydrogen) atoms. The third kappa shape index (κ3) is 10.3. The SMILES string of the molecule is CNC(=O)CCN(C=O)C(=N)c1ccc(C2CCN(CCN(C)S(=O)N3CCC(Nc4ncc(OC(F)F)cn4)CC3)CC2)cc1NC. The van der Waals surface area contributed by atoms with Gasteiger partial charge < -0.3 is 25.6 Å². The smallest absolute Gasteiger partial charge is 0.387 e. The van der Waals surface area contributed by atoms with Crippen molar-refractivity contribution in [3.8, 4) is 5.75 Å². The van der Waals surface area contributed by atoms with Crippen molar-refractivity contribution in [1.29, 1.82) is 5.41 Å². The van der Waals surface area contributed by atoms with Crippen LogP contribution < -0.4 is 20.7 Å². The molecule has 3 heterocycles. The summed E-state index contributed by atoms with van der Waals surface area (Å²) < 4.78 is 46.0. The number of nitrogens with zero attached hydrogens (tertiary/aromatic N) is 6. The molecule has 2 aliphatic rings. The maximum atomic E-state index is 13.2. The number of amidine groups is 1. The molecule has 2 aliphatic heterocycles. The molecule has 4 N–H and O–H groups in total. The van der Waals surface area contributed by atoms with Gasteiger partial charge in [-0.05, 0) is 62.4 Å². The second-order valence-corrected chi connectivity index (χ2v) is 13.4. The highest BCUT2D eigenvalue weighted by Crippen LogP contribution is 2.31. The first-order chi connectivity index (χ1) is 23.1. The van der Waals surface area contributed by atoms with Crippen LogP contribution in [0, 0.1) is 5.41 Å². The second kappa shape index (κ2) is 18.1. The Bertz CT molecular complexity index is 1390. The molecule has 0 spiro atoms. The predicted molar refractivity (Wildman–Crippen MR) is 180 cm³/mol. The highest BCUT2D eigenvalue weighted by atomic mass is 32.2. The molecule has 2 amide bonds. The van der Waals surface area contributed by atoms with Gasteiger partial charge in [-0.3, -0.25) is 19.9 Å². The normalized spacial score (nSPS) is 17.2. The van der Waals surface area contributed by atoms with Crippen LogP contribution in [0.1, 0.15) is 49.1 Å². The number of alkyl halides is 2. The van der Waals surface area contributed by atoms with Gasteiger partial charge in [0.2, 0.25) is 18.3 Å². The zero-order valence-electron chi connectivity index (χ0n) is 27.7. The van der Waals surface area contributed by atoms with Gasteiger partial charge in [0.25, 0.3) is 0 Å². The summed E-state index contributed by atoms with van der Waals surface area (Å²) in [7, 11) is 5.21. The van der Waals surface area contributed by atoms with Crippen LogP contribution in [0.15, 0.2) is 30.6 Å². The summed E-state index contributed by atoms with van der Waals surface area (Å²) >= 11 is -1.26. The fraction of sp³-hybridized carbons (Fsp3) is 0.581. The molecule has 264 valence electrons. The van der Waals surface area contributed by atoms with Gasteiger partial charge in [0.05, 0.1) is 12.4 Å². The number of ether oxygens (including phenoxy) is 1. The maximum Gasteiger partial charge on any atom is 0.387 e. The second-order valence-electron chi connectivity index (χ2n) is 11.8. The van der Waals surface area contributed by atoms with Crippen LogP contribution in [-0.2, 0) is 20.8 Å². The number of carbonyl (C=O) groups is 2. The van der Waals surface area contributed by atoms with Crippen molar-refractivity contribution in [2.24, 2.45) is 0 Å². The van der Waals surface area contributed by atoms with E-state index in [1.54, 1.807) is 7.05 Å². The quantitative estimate of drug-likeness (QED) is 0.118. The van der Waals surface area contributed by atoms with Gasteiger partial charge in [-0.1, -0.05) is 6.07 Å². The molecule has 0 aliphatic carbocycles. The van der Waals surface area contributed by atoms with Crippen molar-refractivity contribution >= 4 is 41.0 Å². The maximum absolute atomic E-state index is 13.2. The number of halogens is 2. The number of nitrogens with one attached hydrogen (secondary N) is 4. The molecule has 1 aromatic heterocycles. The number of aromatic nitrogens is 2. The van der Waals surface area contributed by atoms with Crippen LogP contribution >= 0.6 is 0 Å². The number of hydrogen-bond acceptors (Lipinski definition) is 10. The van der Waals surface area contributed by atoms with E-state index in [0.29, 0.717) is 43.5 Å². The summed E-state index contributed by atoms with van der Waals surface area (Å²) in [5.74, 6) is 0.463. The van der Waals surface area contributed by atoms with Gasteiger partial charge >= 0.3 is 6.61 Å². The van der Waals surface area contributed by atoms with Gasteiger partial charge in [0.1, 0.15) is 5.84 Å². The zero-order valence-corrected chi connectivity index (χ0v) is 28.5. The van der Waals surface area contributed by atoms with Crippen molar-refractivity contribution in [3.63, 3.8) is 0 Å². The summed E-state index contributed by atoms with van der Waals surface area (Å²) in [4.78, 5) is 35.0. The van der Waals surface area contributed by atoms with E-state index in [1.165, 1.54) is 29.9 Å². The largest absolute Gasteiger partial charge is 0.432 e. The minimum atomic E-state index is -2.92. The molecule has 1 unspecified atom stereocenters. The Morgan fingerprint density at radius 3 is 2.42 bits per heavy atom. The Labute approximate surface area is 282 Å². The van der Waals surface area contributed by atoms with E-state index in [2.05, 4.69) is 41.6 Å². The van der Waals surface area contributed by atoms with Crippen molar-refractivity contribution < 1.29 is 27.3 Å². The van der Waals surface area contributed by atoms with Crippen molar-refractivity contribution in [1.82, 2.24) is 33.7 Å². The Kier molecular flexibility index (Phi) is 14.0. The molecule has 1 aromatic carbocycles. The molecule has 0 radical (unpaired) electrons. The van der Waals surface area contributed by atoms with E-state index in [4.69, 9.17) is 5.41 Å². The number of carbonyl (C=O) groups excluding carboxylic acids is 2. The molecule has 1 atom stereocenters. The van der Waals surface area contributed by atoms with Crippen LogP contribution in [0.4, 0.5) is 20.4 Å². The first kappa shape index (κ1) is 37.0. The zero-order chi connectivity index (χ0) is 34.6. The van der Waals surface area contributed by atoms with Crippen LogP contribution in [-0.4, -0.2) is 130 Å². The summed E-state index contributed by atoms with van der Waals surface area (Å²) in [6.45, 7) is 1.81. The summed E-state index contributed by atoms with van der Waals surface area (Å²) in [5, 5.41) is 17.5. The van der Waals surface area contributed by atoms with E-state index in [-0.39, 0.29) is 36.5 Å². The molecule has 14 nitrogen and oxygen atoms in total. The Balaban J connectivity index is 1.19. The molecule has 0 saturated carbocycles. The van der Waals surface area contributed by atoms with Gasteiger partial charge in [0, 0.05) is 77.6 Å². The average Bonchev–Trinajstić information content (AvgIpc) is 3.11. The molecule has 4 rings (SSSR count). The van der Waals surface area contributed by atoms with Crippen LogP contribution in [0.25, 0.3) is 0 Å². The topological polar surface area (TPSA) is 159 Å². The highest BCUT2D eigenvalue weighted by molar-refractivity contribution is 7.80. The number of benzene rings is 1. The number of likely N-dealkylation sites (tertiary alicyclic amines) is 1.